The number of aliphatic hydroxyl groups is 1. The van der Waals surface area contributed by atoms with Crippen molar-refractivity contribution in [1.29, 1.82) is 0 Å². The number of halogens is 1. The minimum atomic E-state index is -0.534. The van der Waals surface area contributed by atoms with Crippen LogP contribution in [0.4, 0.5) is 4.39 Å². The van der Waals surface area contributed by atoms with E-state index in [-0.39, 0.29) is 5.82 Å². The van der Waals surface area contributed by atoms with Crippen LogP contribution in [-0.2, 0) is 6.42 Å². The molecule has 15 heavy (non-hydrogen) atoms. The van der Waals surface area contributed by atoms with Crippen molar-refractivity contribution in [3.8, 4) is 5.75 Å². The van der Waals surface area contributed by atoms with E-state index in [2.05, 4.69) is 0 Å². The van der Waals surface area contributed by atoms with Gasteiger partial charge in [-0.1, -0.05) is 6.07 Å². The van der Waals surface area contributed by atoms with Crippen LogP contribution < -0.4 is 4.74 Å². The second-order valence-electron chi connectivity index (χ2n) is 4.14. The van der Waals surface area contributed by atoms with Crippen molar-refractivity contribution >= 4 is 0 Å². The normalized spacial score (nSPS) is 17.5. The zero-order valence-electron chi connectivity index (χ0n) is 8.79. The summed E-state index contributed by atoms with van der Waals surface area (Å²) in [6.45, 7) is 0. The number of rotatable bonds is 4. The summed E-state index contributed by atoms with van der Waals surface area (Å²) in [5.41, 5.74) is 0.0353. The molecule has 0 bridgehead atoms. The van der Waals surface area contributed by atoms with Crippen LogP contribution in [0.25, 0.3) is 0 Å². The highest BCUT2D eigenvalue weighted by molar-refractivity contribution is 5.35. The molecule has 0 unspecified atom stereocenters. The standard InChI is InChI=1S/C12H15FO2/c1-15-11-4-2-3-10(13)9(11)5-6-12(14)7-8-12/h2-4,14H,5-8H2,1H3. The van der Waals surface area contributed by atoms with Crippen molar-refractivity contribution in [3.05, 3.63) is 29.6 Å². The SMILES string of the molecule is COc1cccc(F)c1CCC1(O)CC1. The van der Waals surface area contributed by atoms with Gasteiger partial charge in [0.15, 0.2) is 0 Å². The van der Waals surface area contributed by atoms with Crippen molar-refractivity contribution in [2.45, 2.75) is 31.3 Å². The Hall–Kier alpha value is -1.09. The van der Waals surface area contributed by atoms with Crippen LogP contribution in [0.1, 0.15) is 24.8 Å². The van der Waals surface area contributed by atoms with Gasteiger partial charge in [0.05, 0.1) is 12.7 Å². The van der Waals surface area contributed by atoms with Gasteiger partial charge in [-0.3, -0.25) is 0 Å². The van der Waals surface area contributed by atoms with E-state index in [1.807, 2.05) is 0 Å². The summed E-state index contributed by atoms with van der Waals surface area (Å²) in [5.74, 6) is 0.317. The molecule has 1 aliphatic rings. The van der Waals surface area contributed by atoms with Gasteiger partial charge in [-0.25, -0.2) is 4.39 Å². The maximum atomic E-state index is 13.5. The third-order valence-electron chi connectivity index (χ3n) is 2.96. The number of hydrogen-bond acceptors (Lipinski definition) is 2. The lowest BCUT2D eigenvalue weighted by Crippen LogP contribution is -2.09. The predicted octanol–water partition coefficient (Wildman–Crippen LogP) is 2.29. The van der Waals surface area contributed by atoms with Crippen LogP contribution in [0.5, 0.6) is 5.75 Å². The Balaban J connectivity index is 2.11. The largest absolute Gasteiger partial charge is 0.496 e. The number of methoxy groups -OCH3 is 1. The monoisotopic (exact) mass is 210 g/mol. The Morgan fingerprint density at radius 1 is 1.47 bits per heavy atom. The molecule has 1 fully saturated rings. The maximum Gasteiger partial charge on any atom is 0.130 e. The fraction of sp³-hybridized carbons (Fsp3) is 0.500. The molecule has 1 aromatic carbocycles. The van der Waals surface area contributed by atoms with Gasteiger partial charge in [0.1, 0.15) is 11.6 Å². The van der Waals surface area contributed by atoms with Crippen molar-refractivity contribution in [2.75, 3.05) is 7.11 Å². The molecule has 82 valence electrons. The summed E-state index contributed by atoms with van der Waals surface area (Å²) in [4.78, 5) is 0. The van der Waals surface area contributed by atoms with Gasteiger partial charge in [0.25, 0.3) is 0 Å². The average molecular weight is 210 g/mol. The molecule has 0 aliphatic heterocycles. The summed E-state index contributed by atoms with van der Waals surface area (Å²) in [5, 5.41) is 9.68. The fourth-order valence-electron chi connectivity index (χ4n) is 1.72. The van der Waals surface area contributed by atoms with E-state index in [1.165, 1.54) is 13.2 Å². The van der Waals surface area contributed by atoms with Crippen LogP contribution in [0.3, 0.4) is 0 Å². The first-order valence-corrected chi connectivity index (χ1v) is 5.18. The summed E-state index contributed by atoms with van der Waals surface area (Å²) >= 11 is 0. The molecule has 2 rings (SSSR count). The molecule has 0 atom stereocenters. The zero-order valence-corrected chi connectivity index (χ0v) is 8.79. The second-order valence-corrected chi connectivity index (χ2v) is 4.14. The molecule has 0 radical (unpaired) electrons. The van der Waals surface area contributed by atoms with Gasteiger partial charge < -0.3 is 9.84 Å². The predicted molar refractivity (Wildman–Crippen MR) is 55.5 cm³/mol. The molecule has 1 N–H and O–H groups in total. The van der Waals surface area contributed by atoms with Gasteiger partial charge in [-0.2, -0.15) is 0 Å². The minimum absolute atomic E-state index is 0.251. The second kappa shape index (κ2) is 3.81. The fourth-order valence-corrected chi connectivity index (χ4v) is 1.72. The Kier molecular flexibility index (Phi) is 2.65. The third-order valence-corrected chi connectivity index (χ3v) is 2.96. The maximum absolute atomic E-state index is 13.5. The summed E-state index contributed by atoms with van der Waals surface area (Å²) in [7, 11) is 1.53. The molecule has 0 saturated heterocycles. The average Bonchev–Trinajstić information content (AvgIpc) is 2.95. The Bertz CT molecular complexity index is 359. The van der Waals surface area contributed by atoms with Gasteiger partial charge in [0.2, 0.25) is 0 Å². The molecule has 0 heterocycles. The first-order valence-electron chi connectivity index (χ1n) is 5.18. The zero-order chi connectivity index (χ0) is 10.9. The van der Waals surface area contributed by atoms with Crippen LogP contribution in [0.15, 0.2) is 18.2 Å². The van der Waals surface area contributed by atoms with E-state index in [1.54, 1.807) is 12.1 Å². The van der Waals surface area contributed by atoms with Crippen molar-refractivity contribution in [3.63, 3.8) is 0 Å². The molecule has 0 aromatic heterocycles. The van der Waals surface area contributed by atoms with E-state index in [0.717, 1.165) is 12.8 Å². The smallest absolute Gasteiger partial charge is 0.130 e. The van der Waals surface area contributed by atoms with Gasteiger partial charge in [0, 0.05) is 5.56 Å². The van der Waals surface area contributed by atoms with E-state index < -0.39 is 5.60 Å². The highest BCUT2D eigenvalue weighted by Gasteiger charge is 2.39. The molecular formula is C12H15FO2. The van der Waals surface area contributed by atoms with Crippen LogP contribution >= 0.6 is 0 Å². The molecule has 2 nitrogen and oxygen atoms in total. The van der Waals surface area contributed by atoms with Gasteiger partial charge in [-0.15, -0.1) is 0 Å². The molecular weight excluding hydrogens is 195 g/mol. The molecule has 0 amide bonds. The Morgan fingerprint density at radius 2 is 2.20 bits per heavy atom. The highest BCUT2D eigenvalue weighted by atomic mass is 19.1. The lowest BCUT2D eigenvalue weighted by Gasteiger charge is -2.11. The molecule has 3 heteroatoms. The lowest BCUT2D eigenvalue weighted by atomic mass is 10.0. The Morgan fingerprint density at radius 3 is 2.80 bits per heavy atom. The lowest BCUT2D eigenvalue weighted by molar-refractivity contribution is 0.140. The minimum Gasteiger partial charge on any atom is -0.496 e. The first kappa shape index (κ1) is 10.4. The molecule has 1 aromatic rings. The summed E-state index contributed by atoms with van der Waals surface area (Å²) in [6.07, 6.45) is 2.82. The quantitative estimate of drug-likeness (QED) is 0.826. The molecule has 1 aliphatic carbocycles. The Labute approximate surface area is 88.7 Å². The van der Waals surface area contributed by atoms with E-state index in [4.69, 9.17) is 4.74 Å². The number of hydrogen-bond donors (Lipinski definition) is 1. The first-order chi connectivity index (χ1) is 7.14. The van der Waals surface area contributed by atoms with E-state index in [9.17, 15) is 9.50 Å². The van der Waals surface area contributed by atoms with Crippen LogP contribution in [0.2, 0.25) is 0 Å². The topological polar surface area (TPSA) is 29.5 Å². The van der Waals surface area contributed by atoms with Gasteiger partial charge >= 0.3 is 0 Å². The third kappa shape index (κ3) is 2.29. The highest BCUT2D eigenvalue weighted by Crippen LogP contribution is 2.40. The summed E-state index contributed by atoms with van der Waals surface area (Å²) < 4.78 is 18.6. The molecule has 1 saturated carbocycles. The van der Waals surface area contributed by atoms with Crippen LogP contribution in [0, 0.1) is 5.82 Å². The summed E-state index contributed by atoms with van der Waals surface area (Å²) in [6, 6.07) is 4.80. The van der Waals surface area contributed by atoms with Crippen molar-refractivity contribution in [1.82, 2.24) is 0 Å². The molecule has 0 spiro atoms. The van der Waals surface area contributed by atoms with Crippen molar-refractivity contribution < 1.29 is 14.2 Å². The van der Waals surface area contributed by atoms with Crippen LogP contribution in [-0.4, -0.2) is 17.8 Å². The van der Waals surface area contributed by atoms with Crippen molar-refractivity contribution in [2.24, 2.45) is 0 Å². The van der Waals surface area contributed by atoms with E-state index >= 15 is 0 Å². The van der Waals surface area contributed by atoms with Gasteiger partial charge in [-0.05, 0) is 37.8 Å². The van der Waals surface area contributed by atoms with E-state index in [0.29, 0.717) is 24.2 Å². The number of benzene rings is 1. The number of ether oxygens (including phenoxy) is 1.